The summed E-state index contributed by atoms with van der Waals surface area (Å²) in [6.45, 7) is 2.13. The second-order valence-corrected chi connectivity index (χ2v) is 6.58. The normalized spacial score (nSPS) is 17.2. The van der Waals surface area contributed by atoms with Gasteiger partial charge in [-0.1, -0.05) is 48.5 Å². The van der Waals surface area contributed by atoms with Gasteiger partial charge in [-0.25, -0.2) is 0 Å². The Morgan fingerprint density at radius 2 is 1.92 bits per heavy atom. The van der Waals surface area contributed by atoms with E-state index in [1.165, 1.54) is 11.9 Å². The molecule has 0 unspecified atom stereocenters. The number of anilines is 1. The molecule has 0 fully saturated rings. The third-order valence-corrected chi connectivity index (χ3v) is 4.79. The molecule has 1 aliphatic heterocycles. The Hall–Kier alpha value is -2.99. The standard InChI is InChI=1S/C20H20N4O2/c1-14-11-16-9-5-6-10-17(16)24(14)18(25)12-23-13-21-22-20(23)19(26)15-7-3-2-4-8-15/h2-10,13-14,19,26H,11-12H2,1H3/t14-,19-/m0/s1. The molecule has 1 aliphatic rings. The van der Waals surface area contributed by atoms with Gasteiger partial charge in [0.25, 0.3) is 0 Å². The summed E-state index contributed by atoms with van der Waals surface area (Å²) in [6, 6.07) is 17.3. The molecule has 1 aromatic heterocycles. The highest BCUT2D eigenvalue weighted by Crippen LogP contribution is 2.32. The third kappa shape index (κ3) is 2.88. The fourth-order valence-corrected chi connectivity index (χ4v) is 3.55. The summed E-state index contributed by atoms with van der Waals surface area (Å²) in [5.74, 6) is 0.327. The second-order valence-electron chi connectivity index (χ2n) is 6.58. The minimum atomic E-state index is -0.921. The predicted molar refractivity (Wildman–Crippen MR) is 97.6 cm³/mol. The summed E-state index contributed by atoms with van der Waals surface area (Å²) in [4.78, 5) is 14.8. The number of hydrogen-bond donors (Lipinski definition) is 1. The first-order valence-electron chi connectivity index (χ1n) is 8.66. The molecule has 0 aliphatic carbocycles. The van der Waals surface area contributed by atoms with Crippen LogP contribution in [0.25, 0.3) is 0 Å². The minimum absolute atomic E-state index is 0.0382. The SMILES string of the molecule is C[C@H]1Cc2ccccc2N1C(=O)Cn1cnnc1[C@@H](O)c1ccccc1. The van der Waals surface area contributed by atoms with Crippen LogP contribution in [-0.2, 0) is 17.8 Å². The Labute approximate surface area is 151 Å². The van der Waals surface area contributed by atoms with Crippen LogP contribution >= 0.6 is 0 Å². The molecule has 0 spiro atoms. The molecule has 132 valence electrons. The molecule has 0 saturated heterocycles. The van der Waals surface area contributed by atoms with Crippen molar-refractivity contribution in [2.24, 2.45) is 0 Å². The lowest BCUT2D eigenvalue weighted by molar-refractivity contribution is -0.119. The maximum absolute atomic E-state index is 13.0. The molecule has 2 atom stereocenters. The fourth-order valence-electron chi connectivity index (χ4n) is 3.55. The van der Waals surface area contributed by atoms with E-state index in [1.807, 2.05) is 60.4 Å². The fraction of sp³-hybridized carbons (Fsp3) is 0.250. The molecule has 4 rings (SSSR count). The van der Waals surface area contributed by atoms with E-state index in [9.17, 15) is 9.90 Å². The predicted octanol–water partition coefficient (Wildman–Crippen LogP) is 2.34. The number of aliphatic hydroxyl groups excluding tert-OH is 1. The molecule has 0 bridgehead atoms. The van der Waals surface area contributed by atoms with Crippen LogP contribution in [0.3, 0.4) is 0 Å². The van der Waals surface area contributed by atoms with Crippen LogP contribution in [0.5, 0.6) is 0 Å². The Balaban J connectivity index is 1.58. The van der Waals surface area contributed by atoms with Crippen molar-refractivity contribution in [1.29, 1.82) is 0 Å². The number of rotatable bonds is 4. The van der Waals surface area contributed by atoms with Crippen molar-refractivity contribution in [2.45, 2.75) is 32.0 Å². The number of aromatic nitrogens is 3. The number of carbonyl (C=O) groups is 1. The third-order valence-electron chi connectivity index (χ3n) is 4.79. The van der Waals surface area contributed by atoms with Gasteiger partial charge in [0.15, 0.2) is 5.82 Å². The second kappa shape index (κ2) is 6.72. The first kappa shape index (κ1) is 16.5. The van der Waals surface area contributed by atoms with Crippen LogP contribution in [0.4, 0.5) is 5.69 Å². The van der Waals surface area contributed by atoms with Crippen molar-refractivity contribution in [3.05, 3.63) is 77.9 Å². The Morgan fingerprint density at radius 1 is 1.19 bits per heavy atom. The van der Waals surface area contributed by atoms with Crippen molar-refractivity contribution in [2.75, 3.05) is 4.90 Å². The summed E-state index contributed by atoms with van der Waals surface area (Å²) in [7, 11) is 0. The molecular formula is C20H20N4O2. The van der Waals surface area contributed by atoms with Gasteiger partial charge in [0.1, 0.15) is 19.0 Å². The number of fused-ring (bicyclic) bond motifs is 1. The zero-order valence-electron chi connectivity index (χ0n) is 14.5. The van der Waals surface area contributed by atoms with E-state index in [1.54, 1.807) is 4.57 Å². The minimum Gasteiger partial charge on any atom is -0.380 e. The van der Waals surface area contributed by atoms with Gasteiger partial charge >= 0.3 is 0 Å². The van der Waals surface area contributed by atoms with E-state index >= 15 is 0 Å². The maximum atomic E-state index is 13.0. The van der Waals surface area contributed by atoms with Crippen molar-refractivity contribution in [3.63, 3.8) is 0 Å². The lowest BCUT2D eigenvalue weighted by Gasteiger charge is -2.23. The Kier molecular flexibility index (Phi) is 4.26. The van der Waals surface area contributed by atoms with E-state index in [-0.39, 0.29) is 18.5 Å². The highest BCUT2D eigenvalue weighted by Gasteiger charge is 2.31. The van der Waals surface area contributed by atoms with Crippen molar-refractivity contribution in [3.8, 4) is 0 Å². The van der Waals surface area contributed by atoms with E-state index in [4.69, 9.17) is 0 Å². The number of para-hydroxylation sites is 1. The molecule has 26 heavy (non-hydrogen) atoms. The van der Waals surface area contributed by atoms with Gasteiger partial charge in [0, 0.05) is 11.7 Å². The highest BCUT2D eigenvalue weighted by atomic mass is 16.3. The zero-order chi connectivity index (χ0) is 18.1. The van der Waals surface area contributed by atoms with Crippen LogP contribution in [0.15, 0.2) is 60.9 Å². The van der Waals surface area contributed by atoms with Crippen LogP contribution in [-0.4, -0.2) is 31.8 Å². The average molecular weight is 348 g/mol. The van der Waals surface area contributed by atoms with Crippen LogP contribution < -0.4 is 4.90 Å². The monoisotopic (exact) mass is 348 g/mol. The topological polar surface area (TPSA) is 71.2 Å². The van der Waals surface area contributed by atoms with E-state index in [2.05, 4.69) is 16.3 Å². The largest absolute Gasteiger partial charge is 0.380 e. The smallest absolute Gasteiger partial charge is 0.247 e. The number of amides is 1. The average Bonchev–Trinajstić information content (AvgIpc) is 3.24. The molecule has 6 nitrogen and oxygen atoms in total. The quantitative estimate of drug-likeness (QED) is 0.786. The van der Waals surface area contributed by atoms with Crippen molar-refractivity contribution in [1.82, 2.24) is 14.8 Å². The highest BCUT2D eigenvalue weighted by molar-refractivity contribution is 5.96. The first-order chi connectivity index (χ1) is 12.6. The van der Waals surface area contributed by atoms with Gasteiger partial charge in [-0.3, -0.25) is 4.79 Å². The molecule has 0 radical (unpaired) electrons. The summed E-state index contributed by atoms with van der Waals surface area (Å²) in [5.41, 5.74) is 2.86. The lowest BCUT2D eigenvalue weighted by Crippen LogP contribution is -2.38. The number of nitrogens with zero attached hydrogens (tertiary/aromatic N) is 4. The molecule has 6 heteroatoms. The van der Waals surface area contributed by atoms with Gasteiger partial charge in [-0.2, -0.15) is 0 Å². The lowest BCUT2D eigenvalue weighted by atomic mass is 10.1. The number of aliphatic hydroxyl groups is 1. The molecule has 2 heterocycles. The Bertz CT molecular complexity index is 922. The molecule has 3 aromatic rings. The van der Waals surface area contributed by atoms with Crippen molar-refractivity contribution >= 4 is 11.6 Å². The molecular weight excluding hydrogens is 328 g/mol. The van der Waals surface area contributed by atoms with Crippen LogP contribution in [0.2, 0.25) is 0 Å². The van der Waals surface area contributed by atoms with Gasteiger partial charge in [0.05, 0.1) is 0 Å². The number of hydrogen-bond acceptors (Lipinski definition) is 4. The summed E-state index contributed by atoms with van der Waals surface area (Å²) in [6.07, 6.45) is 1.42. The van der Waals surface area contributed by atoms with Gasteiger partial charge in [-0.15, -0.1) is 10.2 Å². The van der Waals surface area contributed by atoms with E-state index in [0.717, 1.165) is 12.1 Å². The maximum Gasteiger partial charge on any atom is 0.247 e. The van der Waals surface area contributed by atoms with E-state index in [0.29, 0.717) is 11.4 Å². The first-order valence-corrected chi connectivity index (χ1v) is 8.66. The Morgan fingerprint density at radius 3 is 2.73 bits per heavy atom. The summed E-state index contributed by atoms with van der Waals surface area (Å²) < 4.78 is 1.62. The summed E-state index contributed by atoms with van der Waals surface area (Å²) >= 11 is 0. The molecule has 1 amide bonds. The molecule has 2 aromatic carbocycles. The summed E-state index contributed by atoms with van der Waals surface area (Å²) in [5, 5.41) is 18.5. The molecule has 1 N–H and O–H groups in total. The number of benzene rings is 2. The van der Waals surface area contributed by atoms with Crippen LogP contribution in [0, 0.1) is 0 Å². The van der Waals surface area contributed by atoms with Gasteiger partial charge < -0.3 is 14.6 Å². The van der Waals surface area contributed by atoms with Crippen molar-refractivity contribution < 1.29 is 9.90 Å². The number of carbonyl (C=O) groups excluding carboxylic acids is 1. The van der Waals surface area contributed by atoms with Gasteiger partial charge in [0.2, 0.25) is 5.91 Å². The zero-order valence-corrected chi connectivity index (χ0v) is 14.5. The molecule has 0 saturated carbocycles. The van der Waals surface area contributed by atoms with Gasteiger partial charge in [-0.05, 0) is 30.5 Å². The van der Waals surface area contributed by atoms with Crippen LogP contribution in [0.1, 0.15) is 30.0 Å². The van der Waals surface area contributed by atoms with E-state index < -0.39 is 6.10 Å².